The zero-order valence-electron chi connectivity index (χ0n) is 15.3. The van der Waals surface area contributed by atoms with E-state index in [0.29, 0.717) is 29.9 Å². The van der Waals surface area contributed by atoms with Crippen molar-refractivity contribution in [2.45, 2.75) is 38.6 Å². The molecule has 140 valence electrons. The number of rotatable bonds is 6. The van der Waals surface area contributed by atoms with Crippen molar-refractivity contribution in [3.8, 4) is 0 Å². The minimum Gasteiger partial charge on any atom is -0.359 e. The molecule has 7 nitrogen and oxygen atoms in total. The van der Waals surface area contributed by atoms with Crippen LogP contribution in [0.5, 0.6) is 0 Å². The summed E-state index contributed by atoms with van der Waals surface area (Å²) in [6, 6.07) is 2.22. The zero-order valence-corrected chi connectivity index (χ0v) is 15.3. The van der Waals surface area contributed by atoms with Gasteiger partial charge in [0.2, 0.25) is 5.91 Å². The summed E-state index contributed by atoms with van der Waals surface area (Å²) in [4.78, 5) is 33.5. The monoisotopic (exact) mass is 357 g/mol. The van der Waals surface area contributed by atoms with Crippen molar-refractivity contribution >= 4 is 23.3 Å². The Labute approximate surface area is 154 Å². The average molecular weight is 357 g/mol. The van der Waals surface area contributed by atoms with Gasteiger partial charge in [0, 0.05) is 25.3 Å². The van der Waals surface area contributed by atoms with Gasteiger partial charge in [0.05, 0.1) is 17.8 Å². The van der Waals surface area contributed by atoms with Crippen LogP contribution in [0.4, 0.5) is 11.5 Å². The fourth-order valence-corrected chi connectivity index (χ4v) is 3.92. The molecular formula is C19H27N5O2. The van der Waals surface area contributed by atoms with Crippen molar-refractivity contribution < 1.29 is 9.59 Å². The van der Waals surface area contributed by atoms with E-state index in [-0.39, 0.29) is 18.4 Å². The maximum absolute atomic E-state index is 12.6. The number of carbonyl (C=O) groups is 2. The van der Waals surface area contributed by atoms with E-state index in [4.69, 9.17) is 0 Å². The first kappa shape index (κ1) is 17.3. The SMILES string of the molecule is CCN1CCCC1CNC(=O)c1cnc2c(c1)N(CC1CC1)C(=O)CN2. The number of nitrogens with zero attached hydrogens (tertiary/aromatic N) is 3. The minimum absolute atomic E-state index is 0.0494. The van der Waals surface area contributed by atoms with Gasteiger partial charge < -0.3 is 15.5 Å². The third kappa shape index (κ3) is 3.53. The molecule has 26 heavy (non-hydrogen) atoms. The van der Waals surface area contributed by atoms with Crippen molar-refractivity contribution in [2.75, 3.05) is 42.9 Å². The van der Waals surface area contributed by atoms with Crippen LogP contribution < -0.4 is 15.5 Å². The Balaban J connectivity index is 1.46. The lowest BCUT2D eigenvalue weighted by molar-refractivity contribution is -0.117. The van der Waals surface area contributed by atoms with Gasteiger partial charge in [-0.15, -0.1) is 0 Å². The van der Waals surface area contributed by atoms with E-state index in [2.05, 4.69) is 27.4 Å². The predicted octanol–water partition coefficient (Wildman–Crippen LogP) is 1.46. The van der Waals surface area contributed by atoms with Crippen LogP contribution in [0.1, 0.15) is 43.0 Å². The van der Waals surface area contributed by atoms with E-state index < -0.39 is 0 Å². The highest BCUT2D eigenvalue weighted by atomic mass is 16.2. The second-order valence-electron chi connectivity index (χ2n) is 7.53. The molecule has 7 heteroatoms. The van der Waals surface area contributed by atoms with Crippen LogP contribution in [0.15, 0.2) is 12.3 Å². The fourth-order valence-electron chi connectivity index (χ4n) is 3.92. The summed E-state index contributed by atoms with van der Waals surface area (Å²) in [5, 5.41) is 6.10. The van der Waals surface area contributed by atoms with E-state index >= 15 is 0 Å². The van der Waals surface area contributed by atoms with Gasteiger partial charge in [0.1, 0.15) is 5.82 Å². The highest BCUT2D eigenvalue weighted by molar-refractivity contribution is 6.04. The van der Waals surface area contributed by atoms with Crippen molar-refractivity contribution in [3.63, 3.8) is 0 Å². The third-order valence-corrected chi connectivity index (χ3v) is 5.67. The number of amides is 2. The van der Waals surface area contributed by atoms with Gasteiger partial charge in [0.25, 0.3) is 5.91 Å². The lowest BCUT2D eigenvalue weighted by Gasteiger charge is -2.29. The summed E-state index contributed by atoms with van der Waals surface area (Å²) in [5.41, 5.74) is 1.25. The third-order valence-electron chi connectivity index (χ3n) is 5.67. The Morgan fingerprint density at radius 2 is 2.23 bits per heavy atom. The number of hydrogen-bond donors (Lipinski definition) is 2. The summed E-state index contributed by atoms with van der Waals surface area (Å²) in [5.74, 6) is 1.21. The van der Waals surface area contributed by atoms with Crippen molar-refractivity contribution in [2.24, 2.45) is 5.92 Å². The Morgan fingerprint density at radius 3 is 3.00 bits per heavy atom. The second-order valence-corrected chi connectivity index (χ2v) is 7.53. The molecule has 3 aliphatic rings. The van der Waals surface area contributed by atoms with Gasteiger partial charge in [-0.05, 0) is 50.8 Å². The standard InChI is InChI=1S/C19H27N5O2/c1-2-23-7-3-4-15(23)10-22-19(26)14-8-16-18(20-9-14)21-11-17(25)24(16)12-13-5-6-13/h8-9,13,15H,2-7,10-12H2,1H3,(H,20,21)(H,22,26). The topological polar surface area (TPSA) is 77.6 Å². The maximum Gasteiger partial charge on any atom is 0.252 e. The molecule has 1 unspecified atom stereocenters. The first-order chi connectivity index (χ1) is 12.7. The van der Waals surface area contributed by atoms with E-state index in [9.17, 15) is 9.59 Å². The molecule has 1 atom stereocenters. The molecule has 1 aliphatic carbocycles. The van der Waals surface area contributed by atoms with E-state index in [1.54, 1.807) is 17.2 Å². The van der Waals surface area contributed by atoms with E-state index in [1.807, 2.05) is 0 Å². The van der Waals surface area contributed by atoms with Gasteiger partial charge in [-0.1, -0.05) is 6.92 Å². The van der Waals surface area contributed by atoms with Gasteiger partial charge in [-0.3, -0.25) is 14.5 Å². The van der Waals surface area contributed by atoms with Crippen molar-refractivity contribution in [1.82, 2.24) is 15.2 Å². The fraction of sp³-hybridized carbons (Fsp3) is 0.632. The van der Waals surface area contributed by atoms with Crippen LogP contribution in [0.25, 0.3) is 0 Å². The largest absolute Gasteiger partial charge is 0.359 e. The normalized spacial score (nSPS) is 22.9. The molecular weight excluding hydrogens is 330 g/mol. The van der Waals surface area contributed by atoms with Crippen LogP contribution in [0.2, 0.25) is 0 Å². The van der Waals surface area contributed by atoms with Crippen LogP contribution >= 0.6 is 0 Å². The molecule has 1 saturated heterocycles. The first-order valence-electron chi connectivity index (χ1n) is 9.72. The van der Waals surface area contributed by atoms with Crippen LogP contribution in [0.3, 0.4) is 0 Å². The Hall–Kier alpha value is -2.15. The summed E-state index contributed by atoms with van der Waals surface area (Å²) in [7, 11) is 0. The minimum atomic E-state index is -0.118. The molecule has 2 amide bonds. The Kier molecular flexibility index (Phi) is 4.80. The number of nitrogens with one attached hydrogen (secondary N) is 2. The highest BCUT2D eigenvalue weighted by Gasteiger charge is 2.32. The van der Waals surface area contributed by atoms with Gasteiger partial charge >= 0.3 is 0 Å². The summed E-state index contributed by atoms with van der Waals surface area (Å²) >= 11 is 0. The zero-order chi connectivity index (χ0) is 18.1. The molecule has 0 radical (unpaired) electrons. The molecule has 2 N–H and O–H groups in total. The predicted molar refractivity (Wildman–Crippen MR) is 100 cm³/mol. The number of aromatic nitrogens is 1. The summed E-state index contributed by atoms with van der Waals surface area (Å²) < 4.78 is 0. The smallest absolute Gasteiger partial charge is 0.252 e. The number of fused-ring (bicyclic) bond motifs is 1. The van der Waals surface area contributed by atoms with Crippen molar-refractivity contribution in [1.29, 1.82) is 0 Å². The van der Waals surface area contributed by atoms with E-state index in [0.717, 1.165) is 31.7 Å². The molecule has 2 aliphatic heterocycles. The summed E-state index contributed by atoms with van der Waals surface area (Å²) in [6.07, 6.45) is 6.27. The second kappa shape index (κ2) is 7.23. The Bertz CT molecular complexity index is 703. The quantitative estimate of drug-likeness (QED) is 0.806. The van der Waals surface area contributed by atoms with Gasteiger partial charge in [0.15, 0.2) is 0 Å². The average Bonchev–Trinajstić information content (AvgIpc) is 3.36. The Morgan fingerprint density at radius 1 is 1.38 bits per heavy atom. The molecule has 4 rings (SSSR count). The molecule has 3 heterocycles. The first-order valence-corrected chi connectivity index (χ1v) is 9.72. The molecule has 0 aromatic carbocycles. The molecule has 1 aromatic heterocycles. The van der Waals surface area contributed by atoms with Gasteiger partial charge in [-0.25, -0.2) is 4.98 Å². The number of pyridine rings is 1. The van der Waals surface area contributed by atoms with Crippen LogP contribution in [-0.4, -0.2) is 60.5 Å². The molecule has 1 saturated carbocycles. The maximum atomic E-state index is 12.6. The number of hydrogen-bond acceptors (Lipinski definition) is 5. The molecule has 1 aromatic rings. The molecule has 0 bridgehead atoms. The molecule has 0 spiro atoms. The van der Waals surface area contributed by atoms with E-state index in [1.165, 1.54) is 19.3 Å². The number of likely N-dealkylation sites (N-methyl/N-ethyl adjacent to an activating group) is 1. The lowest BCUT2D eigenvalue weighted by Crippen LogP contribution is -2.42. The van der Waals surface area contributed by atoms with Crippen LogP contribution in [-0.2, 0) is 4.79 Å². The van der Waals surface area contributed by atoms with Crippen molar-refractivity contribution in [3.05, 3.63) is 17.8 Å². The summed E-state index contributed by atoms with van der Waals surface area (Å²) in [6.45, 7) is 5.95. The van der Waals surface area contributed by atoms with Crippen LogP contribution in [0, 0.1) is 5.92 Å². The number of carbonyl (C=O) groups excluding carboxylic acids is 2. The number of likely N-dealkylation sites (tertiary alicyclic amines) is 1. The number of anilines is 2. The lowest BCUT2D eigenvalue weighted by atomic mass is 10.1. The molecule has 2 fully saturated rings. The van der Waals surface area contributed by atoms with Gasteiger partial charge in [-0.2, -0.15) is 0 Å². The highest BCUT2D eigenvalue weighted by Crippen LogP contribution is 2.35.